The zero-order chi connectivity index (χ0) is 25.4. The Balaban J connectivity index is 1.47. The second-order valence-electron chi connectivity index (χ2n) is 9.77. The van der Waals surface area contributed by atoms with Gasteiger partial charge in [0.1, 0.15) is 11.3 Å². The zero-order valence-electron chi connectivity index (χ0n) is 21.2. The number of pyridine rings is 1. The summed E-state index contributed by atoms with van der Waals surface area (Å²) in [5.74, 6) is 0.899. The van der Waals surface area contributed by atoms with Crippen molar-refractivity contribution in [3.8, 4) is 0 Å². The fraction of sp³-hybridized carbons (Fsp3) is 0.542. The van der Waals surface area contributed by atoms with Gasteiger partial charge in [-0.25, -0.2) is 9.78 Å². The molecule has 0 aromatic carbocycles. The summed E-state index contributed by atoms with van der Waals surface area (Å²) in [5.41, 5.74) is -0.0599. The highest BCUT2D eigenvalue weighted by molar-refractivity contribution is 6.06. The molecule has 188 valence electrons. The first-order chi connectivity index (χ1) is 16.6. The van der Waals surface area contributed by atoms with Crippen LogP contribution >= 0.6 is 0 Å². The minimum atomic E-state index is -0.671. The molecule has 1 spiro atoms. The summed E-state index contributed by atoms with van der Waals surface area (Å²) in [6.45, 7) is 8.95. The molecule has 11 heteroatoms. The number of anilines is 1. The number of piperidine rings is 1. The summed E-state index contributed by atoms with van der Waals surface area (Å²) >= 11 is 0. The first-order valence-electron chi connectivity index (χ1n) is 11.8. The summed E-state index contributed by atoms with van der Waals surface area (Å²) in [6.07, 6.45) is 5.70. The number of ether oxygens (including phenoxy) is 1. The van der Waals surface area contributed by atoms with Crippen LogP contribution in [0.5, 0.6) is 0 Å². The van der Waals surface area contributed by atoms with E-state index < -0.39 is 11.3 Å². The monoisotopic (exact) mass is 483 g/mol. The molecule has 0 bridgehead atoms. The van der Waals surface area contributed by atoms with Crippen molar-refractivity contribution in [1.29, 1.82) is 0 Å². The van der Waals surface area contributed by atoms with Crippen molar-refractivity contribution in [2.75, 3.05) is 31.6 Å². The number of carbonyl (C=O) groups is 2. The number of hydrogen-bond acceptors (Lipinski definition) is 8. The van der Waals surface area contributed by atoms with Gasteiger partial charge in [0.2, 0.25) is 11.6 Å². The van der Waals surface area contributed by atoms with E-state index in [0.29, 0.717) is 49.8 Å². The van der Waals surface area contributed by atoms with Gasteiger partial charge in [-0.1, -0.05) is 5.16 Å². The predicted octanol–water partition coefficient (Wildman–Crippen LogP) is 2.83. The largest absolute Gasteiger partial charge is 0.444 e. The van der Waals surface area contributed by atoms with Crippen LogP contribution in [0.2, 0.25) is 0 Å². The molecule has 2 aliphatic heterocycles. The predicted molar refractivity (Wildman–Crippen MR) is 130 cm³/mol. The third kappa shape index (κ3) is 4.67. The Morgan fingerprint density at radius 2 is 1.91 bits per heavy atom. The first kappa shape index (κ1) is 24.5. The smallest absolute Gasteiger partial charge is 0.410 e. The maximum absolute atomic E-state index is 13.3. The number of amides is 2. The van der Waals surface area contributed by atoms with Gasteiger partial charge in [0.05, 0.1) is 18.1 Å². The van der Waals surface area contributed by atoms with Gasteiger partial charge in [-0.15, -0.1) is 0 Å². The lowest BCUT2D eigenvalue weighted by molar-refractivity contribution is -0.124. The van der Waals surface area contributed by atoms with Gasteiger partial charge in [-0.05, 0) is 39.8 Å². The van der Waals surface area contributed by atoms with Gasteiger partial charge >= 0.3 is 6.09 Å². The van der Waals surface area contributed by atoms with E-state index in [-0.39, 0.29) is 12.0 Å². The van der Waals surface area contributed by atoms with Crippen molar-refractivity contribution in [3.63, 3.8) is 0 Å². The average molecular weight is 484 g/mol. The molecule has 2 aromatic heterocycles. The lowest BCUT2D eigenvalue weighted by Crippen LogP contribution is -2.55. The van der Waals surface area contributed by atoms with Crippen molar-refractivity contribution >= 4 is 23.5 Å². The molecule has 0 unspecified atom stereocenters. The van der Waals surface area contributed by atoms with Crippen LogP contribution in [0.3, 0.4) is 0 Å². The number of likely N-dealkylation sites (tertiary alicyclic amines) is 1. The van der Waals surface area contributed by atoms with Crippen LogP contribution in [0.15, 0.2) is 35.9 Å². The van der Waals surface area contributed by atoms with Gasteiger partial charge in [0.15, 0.2) is 5.82 Å². The van der Waals surface area contributed by atoms with Crippen LogP contribution in [0, 0.1) is 0 Å². The molecule has 2 amide bonds. The van der Waals surface area contributed by atoms with E-state index in [1.54, 1.807) is 46.1 Å². The molecule has 0 radical (unpaired) electrons. The van der Waals surface area contributed by atoms with E-state index >= 15 is 0 Å². The number of amidine groups is 1. The first-order valence-corrected chi connectivity index (χ1v) is 11.8. The van der Waals surface area contributed by atoms with E-state index in [2.05, 4.69) is 15.1 Å². The summed E-state index contributed by atoms with van der Waals surface area (Å²) < 4.78 is 7.23. The fourth-order valence-corrected chi connectivity index (χ4v) is 4.34. The topological polar surface area (TPSA) is 105 Å². The normalized spacial score (nSPS) is 17.3. The van der Waals surface area contributed by atoms with Gasteiger partial charge in [-0.2, -0.15) is 0 Å². The molecule has 35 heavy (non-hydrogen) atoms. The zero-order valence-corrected chi connectivity index (χ0v) is 21.2. The van der Waals surface area contributed by atoms with E-state index in [4.69, 9.17) is 9.57 Å². The number of aromatic nitrogens is 3. The maximum Gasteiger partial charge on any atom is 0.410 e. The average Bonchev–Trinajstić information content (AvgIpc) is 3.34. The molecule has 2 aliphatic rings. The van der Waals surface area contributed by atoms with E-state index in [9.17, 15) is 9.59 Å². The molecule has 1 saturated heterocycles. The van der Waals surface area contributed by atoms with Crippen LogP contribution in [-0.4, -0.2) is 80.2 Å². The Kier molecular flexibility index (Phi) is 6.44. The maximum atomic E-state index is 13.3. The minimum Gasteiger partial charge on any atom is -0.444 e. The van der Waals surface area contributed by atoms with Gasteiger partial charge in [-0.3, -0.25) is 9.78 Å². The highest BCUT2D eigenvalue weighted by atomic mass is 16.7. The third-order valence-corrected chi connectivity index (χ3v) is 6.35. The number of oxime groups is 1. The molecular formula is C24H33N7O4. The Bertz CT molecular complexity index is 1110. The summed E-state index contributed by atoms with van der Waals surface area (Å²) in [6, 6.07) is 3.65. The van der Waals surface area contributed by atoms with E-state index in [1.807, 2.05) is 45.7 Å². The summed E-state index contributed by atoms with van der Waals surface area (Å²) in [7, 11) is 3.69. The Hall–Kier alpha value is -3.63. The SMILES string of the molecule is CCN(C(=O)c1cnc(C2=NOC3(CCN(C(=O)OC(C)(C)C)CC3)N2C)n1C)c1cccnc1. The molecule has 1 fully saturated rings. The lowest BCUT2D eigenvalue weighted by Gasteiger charge is -2.41. The standard InChI is InChI=1S/C24H33N7O4/c1-7-31(17-9-8-12-25-15-17)21(32)18-16-26-19(28(18)5)20-27-35-24(29(20)6)10-13-30(14-11-24)22(33)34-23(2,3)4/h8-9,12,15-16H,7,10-11,13-14H2,1-6H3. The van der Waals surface area contributed by atoms with Crippen LogP contribution < -0.4 is 4.90 Å². The highest BCUT2D eigenvalue weighted by Gasteiger charge is 2.48. The number of hydrogen-bond donors (Lipinski definition) is 0. The van der Waals surface area contributed by atoms with E-state index in [1.165, 1.54) is 0 Å². The quantitative estimate of drug-likeness (QED) is 0.658. The molecule has 4 rings (SSSR count). The number of imidazole rings is 1. The van der Waals surface area contributed by atoms with Gasteiger partial charge in [0.25, 0.3) is 5.91 Å². The van der Waals surface area contributed by atoms with Crippen molar-refractivity contribution in [1.82, 2.24) is 24.3 Å². The molecule has 11 nitrogen and oxygen atoms in total. The summed E-state index contributed by atoms with van der Waals surface area (Å²) in [4.78, 5) is 45.6. The molecule has 2 aromatic rings. The van der Waals surface area contributed by atoms with Crippen molar-refractivity contribution in [3.05, 3.63) is 42.2 Å². The fourth-order valence-electron chi connectivity index (χ4n) is 4.34. The van der Waals surface area contributed by atoms with Gasteiger partial charge in [0, 0.05) is 52.8 Å². The van der Waals surface area contributed by atoms with Crippen LogP contribution in [0.1, 0.15) is 56.8 Å². The third-order valence-electron chi connectivity index (χ3n) is 6.35. The van der Waals surface area contributed by atoms with Crippen molar-refractivity contribution < 1.29 is 19.2 Å². The number of nitrogens with zero attached hydrogens (tertiary/aromatic N) is 7. The lowest BCUT2D eigenvalue weighted by atomic mass is 9.99. The Morgan fingerprint density at radius 3 is 2.51 bits per heavy atom. The number of rotatable bonds is 4. The second kappa shape index (κ2) is 9.20. The second-order valence-corrected chi connectivity index (χ2v) is 9.77. The van der Waals surface area contributed by atoms with Crippen LogP contribution in [0.4, 0.5) is 10.5 Å². The molecular weight excluding hydrogens is 450 g/mol. The van der Waals surface area contributed by atoms with E-state index in [0.717, 1.165) is 5.69 Å². The Labute approximate surface area is 205 Å². The Morgan fingerprint density at radius 1 is 1.20 bits per heavy atom. The summed E-state index contributed by atoms with van der Waals surface area (Å²) in [5, 5.41) is 4.34. The highest BCUT2D eigenvalue weighted by Crippen LogP contribution is 2.35. The molecule has 0 atom stereocenters. The van der Waals surface area contributed by atoms with Crippen molar-refractivity contribution in [2.45, 2.75) is 51.9 Å². The van der Waals surface area contributed by atoms with Crippen LogP contribution in [-0.2, 0) is 16.6 Å². The molecule has 0 aliphatic carbocycles. The minimum absolute atomic E-state index is 0.177. The molecule has 0 saturated carbocycles. The number of carbonyl (C=O) groups excluding carboxylic acids is 2. The molecule has 0 N–H and O–H groups in total. The van der Waals surface area contributed by atoms with Crippen LogP contribution in [0.25, 0.3) is 0 Å². The van der Waals surface area contributed by atoms with Crippen molar-refractivity contribution in [2.24, 2.45) is 12.2 Å². The molecule has 4 heterocycles. The van der Waals surface area contributed by atoms with Gasteiger partial charge < -0.3 is 28.8 Å².